The highest BCUT2D eigenvalue weighted by Crippen LogP contribution is 2.31. The van der Waals surface area contributed by atoms with Crippen LogP contribution in [0, 0.1) is 0 Å². The zero-order valence-corrected chi connectivity index (χ0v) is 17.6. The van der Waals surface area contributed by atoms with Crippen LogP contribution in [0.15, 0.2) is 47.8 Å². The van der Waals surface area contributed by atoms with Crippen molar-refractivity contribution in [3.63, 3.8) is 0 Å². The molecule has 0 saturated carbocycles. The van der Waals surface area contributed by atoms with Crippen molar-refractivity contribution < 1.29 is 19.0 Å². The van der Waals surface area contributed by atoms with Crippen molar-refractivity contribution in [1.82, 2.24) is 15.3 Å². The minimum absolute atomic E-state index is 0.221. The second kappa shape index (κ2) is 8.46. The van der Waals surface area contributed by atoms with E-state index in [4.69, 9.17) is 14.2 Å². The van der Waals surface area contributed by atoms with E-state index in [1.54, 1.807) is 44.8 Å². The number of nitrogens with zero attached hydrogens (tertiary/aromatic N) is 1. The monoisotopic (exact) mass is 423 g/mol. The van der Waals surface area contributed by atoms with Crippen LogP contribution in [0.3, 0.4) is 0 Å². The van der Waals surface area contributed by atoms with Gasteiger partial charge in [0.2, 0.25) is 0 Å². The maximum absolute atomic E-state index is 12.9. The summed E-state index contributed by atoms with van der Waals surface area (Å²) in [7, 11) is 4.76. The molecule has 7 nitrogen and oxygen atoms in total. The Bertz CT molecular complexity index is 1180. The number of methoxy groups -OCH3 is 3. The number of hydrogen-bond donors (Lipinski definition) is 2. The third-order valence-electron chi connectivity index (χ3n) is 4.73. The van der Waals surface area contributed by atoms with Crippen molar-refractivity contribution in [1.29, 1.82) is 0 Å². The van der Waals surface area contributed by atoms with Gasteiger partial charge in [0.1, 0.15) is 22.6 Å². The van der Waals surface area contributed by atoms with Crippen LogP contribution >= 0.6 is 11.3 Å². The Kier molecular flexibility index (Phi) is 5.58. The summed E-state index contributed by atoms with van der Waals surface area (Å²) in [5.41, 5.74) is 2.64. The number of amides is 1. The average Bonchev–Trinajstić information content (AvgIpc) is 3.46. The lowest BCUT2D eigenvalue weighted by Crippen LogP contribution is -2.23. The summed E-state index contributed by atoms with van der Waals surface area (Å²) < 4.78 is 16.0. The van der Waals surface area contributed by atoms with Crippen molar-refractivity contribution in [3.8, 4) is 28.0 Å². The van der Waals surface area contributed by atoms with Crippen molar-refractivity contribution in [3.05, 3.63) is 59.0 Å². The molecule has 154 valence electrons. The molecule has 0 radical (unpaired) electrons. The molecule has 30 heavy (non-hydrogen) atoms. The van der Waals surface area contributed by atoms with E-state index in [2.05, 4.69) is 15.3 Å². The standard InChI is InChI=1S/C22H21N3O4S/c1-27-15-8-6-13(11-17(15)29-3)12-23-22(26)14-7-9-16(28-2)20-19(14)24-21(25-20)18-5-4-10-30-18/h4-11H,12H2,1-3H3,(H,23,26)(H,24,25). The SMILES string of the molecule is COc1ccc(CNC(=O)c2ccc(OC)c3[nH]c(-c4cccs4)nc23)cc1OC. The lowest BCUT2D eigenvalue weighted by Gasteiger charge is -2.11. The van der Waals surface area contributed by atoms with Crippen molar-refractivity contribution in [2.75, 3.05) is 21.3 Å². The van der Waals surface area contributed by atoms with Crippen LogP contribution in [-0.2, 0) is 6.54 Å². The first-order valence-corrected chi connectivity index (χ1v) is 10.1. The molecule has 2 aromatic heterocycles. The van der Waals surface area contributed by atoms with Crippen LogP contribution in [0.5, 0.6) is 17.2 Å². The first kappa shape index (κ1) is 19.8. The van der Waals surface area contributed by atoms with E-state index in [0.717, 1.165) is 10.4 Å². The maximum Gasteiger partial charge on any atom is 0.253 e. The zero-order valence-electron chi connectivity index (χ0n) is 16.8. The van der Waals surface area contributed by atoms with Crippen LogP contribution in [0.2, 0.25) is 0 Å². The zero-order chi connectivity index (χ0) is 21.1. The highest BCUT2D eigenvalue weighted by molar-refractivity contribution is 7.13. The number of rotatable bonds is 7. The lowest BCUT2D eigenvalue weighted by molar-refractivity contribution is 0.0952. The van der Waals surface area contributed by atoms with E-state index in [1.807, 2.05) is 35.7 Å². The number of benzene rings is 2. The molecule has 0 aliphatic heterocycles. The molecule has 2 N–H and O–H groups in total. The molecular weight excluding hydrogens is 402 g/mol. The highest BCUT2D eigenvalue weighted by Gasteiger charge is 2.18. The Balaban J connectivity index is 1.62. The van der Waals surface area contributed by atoms with E-state index >= 15 is 0 Å². The molecule has 0 unspecified atom stereocenters. The smallest absolute Gasteiger partial charge is 0.253 e. The van der Waals surface area contributed by atoms with Crippen LogP contribution in [0.1, 0.15) is 15.9 Å². The van der Waals surface area contributed by atoms with Gasteiger partial charge in [0, 0.05) is 6.54 Å². The Morgan fingerprint density at radius 1 is 1.03 bits per heavy atom. The lowest BCUT2D eigenvalue weighted by atomic mass is 10.1. The number of thiophene rings is 1. The molecule has 4 aromatic rings. The number of nitrogens with one attached hydrogen (secondary N) is 2. The summed E-state index contributed by atoms with van der Waals surface area (Å²) in [6, 6.07) is 13.0. The van der Waals surface area contributed by atoms with Gasteiger partial charge in [0.05, 0.1) is 31.8 Å². The predicted octanol–water partition coefficient (Wildman–Crippen LogP) is 4.25. The van der Waals surface area contributed by atoms with Gasteiger partial charge < -0.3 is 24.5 Å². The van der Waals surface area contributed by atoms with Crippen LogP contribution < -0.4 is 19.5 Å². The number of ether oxygens (including phenoxy) is 3. The fourth-order valence-electron chi connectivity index (χ4n) is 3.22. The summed E-state index contributed by atoms with van der Waals surface area (Å²) >= 11 is 1.58. The van der Waals surface area contributed by atoms with Crippen molar-refractivity contribution in [2.45, 2.75) is 6.54 Å². The third kappa shape index (κ3) is 3.69. The normalized spacial score (nSPS) is 10.8. The number of H-pyrrole nitrogens is 1. The molecule has 2 heterocycles. The number of aromatic nitrogens is 2. The predicted molar refractivity (Wildman–Crippen MR) is 117 cm³/mol. The Hall–Kier alpha value is -3.52. The molecule has 8 heteroatoms. The molecule has 1 amide bonds. The first-order valence-electron chi connectivity index (χ1n) is 9.24. The van der Waals surface area contributed by atoms with Crippen molar-refractivity contribution in [2.24, 2.45) is 0 Å². The molecule has 0 aliphatic carbocycles. The maximum atomic E-state index is 12.9. The van der Waals surface area contributed by atoms with Gasteiger partial charge in [-0.1, -0.05) is 12.1 Å². The summed E-state index contributed by atoms with van der Waals surface area (Å²) in [6.07, 6.45) is 0. The second-order valence-electron chi connectivity index (χ2n) is 6.47. The Morgan fingerprint density at radius 3 is 2.50 bits per heavy atom. The van der Waals surface area contributed by atoms with Crippen molar-refractivity contribution >= 4 is 28.3 Å². The second-order valence-corrected chi connectivity index (χ2v) is 7.42. The van der Waals surface area contributed by atoms with Gasteiger partial charge in [0.15, 0.2) is 11.5 Å². The van der Waals surface area contributed by atoms with Gasteiger partial charge in [-0.2, -0.15) is 0 Å². The third-order valence-corrected chi connectivity index (χ3v) is 5.60. The van der Waals surface area contributed by atoms with Crippen LogP contribution in [-0.4, -0.2) is 37.2 Å². The molecule has 0 spiro atoms. The molecule has 0 atom stereocenters. The molecular formula is C22H21N3O4S. The minimum Gasteiger partial charge on any atom is -0.494 e. The number of imidazole rings is 1. The number of carbonyl (C=O) groups excluding carboxylic acids is 1. The van der Waals surface area contributed by atoms with E-state index in [1.165, 1.54) is 0 Å². The fourth-order valence-corrected chi connectivity index (χ4v) is 3.89. The molecule has 0 saturated heterocycles. The van der Waals surface area contributed by atoms with E-state index < -0.39 is 0 Å². The van der Waals surface area contributed by atoms with Crippen LogP contribution in [0.4, 0.5) is 0 Å². The van der Waals surface area contributed by atoms with Gasteiger partial charge in [-0.05, 0) is 41.3 Å². The summed E-state index contributed by atoms with van der Waals surface area (Å²) in [5, 5.41) is 4.93. The number of carbonyl (C=O) groups is 1. The molecule has 0 aliphatic rings. The number of aromatic amines is 1. The van der Waals surface area contributed by atoms with Gasteiger partial charge in [-0.25, -0.2) is 4.98 Å². The Morgan fingerprint density at radius 2 is 1.80 bits per heavy atom. The number of fused-ring (bicyclic) bond motifs is 1. The van der Waals surface area contributed by atoms with Gasteiger partial charge in [0.25, 0.3) is 5.91 Å². The summed E-state index contributed by atoms with van der Waals surface area (Å²) in [6.45, 7) is 0.342. The van der Waals surface area contributed by atoms with E-state index in [0.29, 0.717) is 46.2 Å². The summed E-state index contributed by atoms with van der Waals surface area (Å²) in [5.74, 6) is 2.38. The van der Waals surface area contributed by atoms with Gasteiger partial charge in [-0.3, -0.25) is 4.79 Å². The molecule has 2 aromatic carbocycles. The van der Waals surface area contributed by atoms with E-state index in [9.17, 15) is 4.79 Å². The Labute approximate surface area is 177 Å². The highest BCUT2D eigenvalue weighted by atomic mass is 32.1. The first-order chi connectivity index (χ1) is 14.6. The average molecular weight is 423 g/mol. The molecule has 4 rings (SSSR count). The topological polar surface area (TPSA) is 85.5 Å². The minimum atomic E-state index is -0.221. The quantitative estimate of drug-likeness (QED) is 0.464. The van der Waals surface area contributed by atoms with Gasteiger partial charge in [-0.15, -0.1) is 11.3 Å². The van der Waals surface area contributed by atoms with E-state index in [-0.39, 0.29) is 5.91 Å². The fraction of sp³-hybridized carbons (Fsp3) is 0.182. The molecule has 0 bridgehead atoms. The molecule has 0 fully saturated rings. The number of hydrogen-bond acceptors (Lipinski definition) is 6. The van der Waals surface area contributed by atoms with Gasteiger partial charge >= 0.3 is 0 Å². The van der Waals surface area contributed by atoms with Crippen LogP contribution in [0.25, 0.3) is 21.7 Å². The largest absolute Gasteiger partial charge is 0.494 e. The summed E-state index contributed by atoms with van der Waals surface area (Å²) in [4.78, 5) is 21.9.